The number of hydrogen-bond donors (Lipinski definition) is 0. The van der Waals surface area contributed by atoms with Gasteiger partial charge < -0.3 is 0 Å². The Balaban J connectivity index is 1.62. The van der Waals surface area contributed by atoms with Crippen molar-refractivity contribution in [3.8, 4) is 0 Å². The minimum Gasteiger partial charge on any atom is -0.271 e. The second-order valence-corrected chi connectivity index (χ2v) is 5.82. The van der Waals surface area contributed by atoms with E-state index >= 15 is 0 Å². The quantitative estimate of drug-likeness (QED) is 0.622. The van der Waals surface area contributed by atoms with E-state index in [4.69, 9.17) is 0 Å². The van der Waals surface area contributed by atoms with E-state index in [1.165, 1.54) is 25.3 Å². The van der Waals surface area contributed by atoms with Gasteiger partial charge in [-0.25, -0.2) is 0 Å². The molecule has 2 amide bonds. The molecule has 0 saturated heterocycles. The molecule has 3 nitrogen and oxygen atoms in total. The molecule has 0 radical (unpaired) electrons. The van der Waals surface area contributed by atoms with Crippen molar-refractivity contribution < 1.29 is 9.59 Å². The van der Waals surface area contributed by atoms with Gasteiger partial charge in [0.25, 0.3) is 11.8 Å². The Morgan fingerprint density at radius 2 is 1.81 bits per heavy atom. The molecule has 3 heteroatoms. The summed E-state index contributed by atoms with van der Waals surface area (Å²) in [6.07, 6.45) is 5.50. The Labute approximate surface area is 94.5 Å². The van der Waals surface area contributed by atoms with Gasteiger partial charge in [-0.2, -0.15) is 0 Å². The van der Waals surface area contributed by atoms with Crippen molar-refractivity contribution in [2.45, 2.75) is 32.2 Å². The Hall–Kier alpha value is -1.12. The van der Waals surface area contributed by atoms with Crippen LogP contribution in [0, 0.1) is 23.7 Å². The Kier molecular flexibility index (Phi) is 1.45. The lowest BCUT2D eigenvalue weighted by atomic mass is 10.0. The third kappa shape index (κ3) is 0.864. The first-order chi connectivity index (χ1) is 7.68. The molecule has 4 unspecified atom stereocenters. The predicted molar refractivity (Wildman–Crippen MR) is 57.2 cm³/mol. The van der Waals surface area contributed by atoms with Crippen LogP contribution in [0.5, 0.6) is 0 Å². The van der Waals surface area contributed by atoms with E-state index in [0.717, 1.165) is 11.8 Å². The van der Waals surface area contributed by atoms with Gasteiger partial charge in [-0.1, -0.05) is 0 Å². The largest absolute Gasteiger partial charge is 0.271 e. The normalized spacial score (nSPS) is 48.7. The number of amides is 2. The zero-order valence-corrected chi connectivity index (χ0v) is 9.35. The maximum atomic E-state index is 11.9. The van der Waals surface area contributed by atoms with Crippen LogP contribution in [0.4, 0.5) is 0 Å². The molecule has 2 bridgehead atoms. The van der Waals surface area contributed by atoms with Gasteiger partial charge in [-0.05, 0) is 49.9 Å². The summed E-state index contributed by atoms with van der Waals surface area (Å²) in [5.41, 5.74) is 0.613. The molecule has 0 aromatic rings. The molecule has 4 rings (SSSR count). The fraction of sp³-hybridized carbons (Fsp3) is 0.692. The Bertz CT molecular complexity index is 423. The first kappa shape index (κ1) is 8.97. The van der Waals surface area contributed by atoms with Gasteiger partial charge in [0.05, 0.1) is 0 Å². The molecule has 4 aliphatic rings. The van der Waals surface area contributed by atoms with E-state index in [1.54, 1.807) is 11.8 Å². The molecule has 0 N–H and O–H groups in total. The summed E-state index contributed by atoms with van der Waals surface area (Å²) in [5, 5.41) is 0. The van der Waals surface area contributed by atoms with Crippen LogP contribution in [0.15, 0.2) is 11.6 Å². The molecular formula is C13H15NO2. The van der Waals surface area contributed by atoms with Crippen LogP contribution in [0.2, 0.25) is 0 Å². The Morgan fingerprint density at radius 3 is 2.31 bits per heavy atom. The van der Waals surface area contributed by atoms with Gasteiger partial charge in [0, 0.05) is 17.7 Å². The summed E-state index contributed by atoms with van der Waals surface area (Å²) >= 11 is 0. The van der Waals surface area contributed by atoms with Gasteiger partial charge in [-0.3, -0.25) is 14.5 Å². The summed E-state index contributed by atoms with van der Waals surface area (Å²) in [7, 11) is 0. The highest BCUT2D eigenvalue weighted by Gasteiger charge is 2.68. The van der Waals surface area contributed by atoms with Crippen LogP contribution < -0.4 is 0 Å². The van der Waals surface area contributed by atoms with Gasteiger partial charge >= 0.3 is 0 Å². The zero-order chi connectivity index (χ0) is 11.0. The molecule has 1 aliphatic heterocycles. The van der Waals surface area contributed by atoms with Crippen molar-refractivity contribution in [2.24, 2.45) is 23.7 Å². The van der Waals surface area contributed by atoms with Crippen LogP contribution in [-0.2, 0) is 9.59 Å². The van der Waals surface area contributed by atoms with E-state index in [2.05, 4.69) is 0 Å². The third-order valence-electron chi connectivity index (χ3n) is 5.13. The first-order valence-corrected chi connectivity index (χ1v) is 6.24. The molecule has 16 heavy (non-hydrogen) atoms. The zero-order valence-electron chi connectivity index (χ0n) is 9.35. The Morgan fingerprint density at radius 1 is 1.19 bits per heavy atom. The van der Waals surface area contributed by atoms with E-state index in [0.29, 0.717) is 17.4 Å². The minimum absolute atomic E-state index is 0.0381. The molecule has 3 saturated carbocycles. The second-order valence-electron chi connectivity index (χ2n) is 5.82. The number of rotatable bonds is 1. The maximum absolute atomic E-state index is 11.9. The molecule has 0 aromatic carbocycles. The highest BCUT2D eigenvalue weighted by atomic mass is 16.2. The lowest BCUT2D eigenvalue weighted by Crippen LogP contribution is -2.36. The van der Waals surface area contributed by atoms with Crippen molar-refractivity contribution in [2.75, 3.05) is 0 Å². The van der Waals surface area contributed by atoms with E-state index in [1.807, 2.05) is 0 Å². The highest BCUT2D eigenvalue weighted by molar-refractivity contribution is 6.16. The maximum Gasteiger partial charge on any atom is 0.256 e. The summed E-state index contributed by atoms with van der Waals surface area (Å²) < 4.78 is 0. The number of carbonyl (C=O) groups is 2. The van der Waals surface area contributed by atoms with Crippen molar-refractivity contribution in [1.29, 1.82) is 0 Å². The predicted octanol–water partition coefficient (Wildman–Crippen LogP) is 1.35. The van der Waals surface area contributed by atoms with Crippen LogP contribution in [0.3, 0.4) is 0 Å². The van der Waals surface area contributed by atoms with Crippen molar-refractivity contribution in [3.63, 3.8) is 0 Å². The number of hydrogen-bond acceptors (Lipinski definition) is 2. The third-order valence-corrected chi connectivity index (χ3v) is 5.13. The number of fused-ring (bicyclic) bond motifs is 5. The molecule has 1 heterocycles. The van der Waals surface area contributed by atoms with Crippen LogP contribution in [-0.4, -0.2) is 22.8 Å². The SMILES string of the molecule is CC1=CC(=O)N(C2C3C4CCC(C4)C32)C1=O. The summed E-state index contributed by atoms with van der Waals surface area (Å²) in [6, 6.07) is 0.264. The average molecular weight is 217 g/mol. The minimum atomic E-state index is -0.0682. The van der Waals surface area contributed by atoms with Crippen molar-refractivity contribution in [3.05, 3.63) is 11.6 Å². The lowest BCUT2D eigenvalue weighted by molar-refractivity contribution is -0.138. The van der Waals surface area contributed by atoms with Crippen LogP contribution in [0.25, 0.3) is 0 Å². The molecule has 0 spiro atoms. The standard InChI is InChI=1S/C13H15NO2/c1-6-4-9(15)14(13(6)16)12-10-7-2-3-8(5-7)11(10)12/h4,7-8,10-12H,2-3,5H2,1H3. The van der Waals surface area contributed by atoms with Crippen LogP contribution >= 0.6 is 0 Å². The van der Waals surface area contributed by atoms with Crippen molar-refractivity contribution in [1.82, 2.24) is 4.90 Å². The topological polar surface area (TPSA) is 37.4 Å². The van der Waals surface area contributed by atoms with Gasteiger partial charge in [-0.15, -0.1) is 0 Å². The fourth-order valence-electron chi connectivity index (χ4n) is 4.51. The van der Waals surface area contributed by atoms with Gasteiger partial charge in [0.1, 0.15) is 0 Å². The van der Waals surface area contributed by atoms with Crippen LogP contribution in [0.1, 0.15) is 26.2 Å². The molecule has 0 aromatic heterocycles. The summed E-state index contributed by atoms with van der Waals surface area (Å²) in [6.45, 7) is 1.74. The molecule has 4 atom stereocenters. The van der Waals surface area contributed by atoms with Gasteiger partial charge in [0.15, 0.2) is 0 Å². The second kappa shape index (κ2) is 2.58. The molecular weight excluding hydrogens is 202 g/mol. The summed E-state index contributed by atoms with van der Waals surface area (Å²) in [5.74, 6) is 2.82. The smallest absolute Gasteiger partial charge is 0.256 e. The average Bonchev–Trinajstić information content (AvgIpc) is 2.57. The van der Waals surface area contributed by atoms with E-state index in [-0.39, 0.29) is 17.9 Å². The van der Waals surface area contributed by atoms with E-state index < -0.39 is 0 Å². The van der Waals surface area contributed by atoms with Gasteiger partial charge in [0.2, 0.25) is 0 Å². The number of imide groups is 1. The van der Waals surface area contributed by atoms with Crippen molar-refractivity contribution >= 4 is 11.8 Å². The molecule has 3 fully saturated rings. The monoisotopic (exact) mass is 217 g/mol. The number of carbonyl (C=O) groups excluding carboxylic acids is 2. The molecule has 3 aliphatic carbocycles. The summed E-state index contributed by atoms with van der Waals surface area (Å²) in [4.78, 5) is 25.2. The molecule has 84 valence electrons. The highest BCUT2D eigenvalue weighted by Crippen LogP contribution is 2.67. The number of nitrogens with zero attached hydrogens (tertiary/aromatic N) is 1. The van der Waals surface area contributed by atoms with E-state index in [9.17, 15) is 9.59 Å². The first-order valence-electron chi connectivity index (χ1n) is 6.24. The fourth-order valence-corrected chi connectivity index (χ4v) is 4.51. The lowest BCUT2D eigenvalue weighted by Gasteiger charge is -2.18.